The third-order valence-corrected chi connectivity index (χ3v) is 5.14. The van der Waals surface area contributed by atoms with Crippen LogP contribution in [0.3, 0.4) is 0 Å². The SMILES string of the molecule is Cc1c(C(CC(C)C)C(=O)O)c2cc(O)ccc2n1C(=O)c1ccc(Cl)cc1. The molecule has 3 rings (SSSR count). The summed E-state index contributed by atoms with van der Waals surface area (Å²) in [6, 6.07) is 11.2. The molecule has 1 aromatic heterocycles. The molecule has 2 N–H and O–H groups in total. The molecule has 0 aliphatic rings. The summed E-state index contributed by atoms with van der Waals surface area (Å²) in [5.41, 5.74) is 2.14. The van der Waals surface area contributed by atoms with Crippen LogP contribution in [-0.2, 0) is 4.79 Å². The molecule has 0 saturated heterocycles. The van der Waals surface area contributed by atoms with Gasteiger partial charge in [-0.1, -0.05) is 25.4 Å². The number of nitrogens with zero attached hydrogens (tertiary/aromatic N) is 1. The molecule has 1 heterocycles. The molecule has 28 heavy (non-hydrogen) atoms. The first-order chi connectivity index (χ1) is 13.2. The summed E-state index contributed by atoms with van der Waals surface area (Å²) in [5, 5.41) is 20.9. The lowest BCUT2D eigenvalue weighted by Crippen LogP contribution is -2.17. The number of rotatable bonds is 5. The van der Waals surface area contributed by atoms with E-state index >= 15 is 0 Å². The van der Waals surface area contributed by atoms with Crippen molar-refractivity contribution in [3.05, 3.63) is 64.3 Å². The van der Waals surface area contributed by atoms with Crippen molar-refractivity contribution >= 4 is 34.4 Å². The molecule has 6 heteroatoms. The van der Waals surface area contributed by atoms with Crippen LogP contribution in [0.2, 0.25) is 5.02 Å². The number of carboxylic acids is 1. The summed E-state index contributed by atoms with van der Waals surface area (Å²) in [5.74, 6) is -1.81. The zero-order valence-corrected chi connectivity index (χ0v) is 16.7. The van der Waals surface area contributed by atoms with Gasteiger partial charge in [0.15, 0.2) is 0 Å². The number of carboxylic acid groups (broad SMARTS) is 1. The van der Waals surface area contributed by atoms with Crippen LogP contribution in [0.25, 0.3) is 10.9 Å². The van der Waals surface area contributed by atoms with E-state index in [0.29, 0.717) is 39.2 Å². The second-order valence-corrected chi connectivity index (χ2v) is 7.80. The number of phenols is 1. The fourth-order valence-electron chi connectivity index (χ4n) is 3.67. The summed E-state index contributed by atoms with van der Waals surface area (Å²) in [7, 11) is 0. The number of aromatic nitrogens is 1. The topological polar surface area (TPSA) is 79.5 Å². The van der Waals surface area contributed by atoms with Crippen LogP contribution < -0.4 is 0 Å². The molecule has 1 unspecified atom stereocenters. The molecule has 0 amide bonds. The van der Waals surface area contributed by atoms with E-state index in [0.717, 1.165) is 0 Å². The molecule has 5 nitrogen and oxygen atoms in total. The van der Waals surface area contributed by atoms with E-state index in [9.17, 15) is 19.8 Å². The Morgan fingerprint density at radius 2 is 1.75 bits per heavy atom. The van der Waals surface area contributed by atoms with Gasteiger partial charge in [-0.2, -0.15) is 0 Å². The lowest BCUT2D eigenvalue weighted by molar-refractivity contribution is -0.139. The van der Waals surface area contributed by atoms with Crippen molar-refractivity contribution in [1.82, 2.24) is 4.57 Å². The number of fused-ring (bicyclic) bond motifs is 1. The Hall–Kier alpha value is -2.79. The van der Waals surface area contributed by atoms with E-state index in [1.807, 2.05) is 13.8 Å². The first-order valence-electron chi connectivity index (χ1n) is 9.07. The van der Waals surface area contributed by atoms with Crippen LogP contribution >= 0.6 is 11.6 Å². The predicted molar refractivity (Wildman–Crippen MR) is 109 cm³/mol. The number of carbonyl (C=O) groups is 2. The van der Waals surface area contributed by atoms with Crippen LogP contribution in [0.4, 0.5) is 0 Å². The molecule has 0 fully saturated rings. The third kappa shape index (κ3) is 3.62. The fraction of sp³-hybridized carbons (Fsp3) is 0.273. The lowest BCUT2D eigenvalue weighted by Gasteiger charge is -2.16. The Balaban J connectivity index is 2.27. The number of aliphatic carboxylic acids is 1. The highest BCUT2D eigenvalue weighted by molar-refractivity contribution is 6.30. The third-order valence-electron chi connectivity index (χ3n) is 4.88. The number of hydrogen-bond acceptors (Lipinski definition) is 3. The van der Waals surface area contributed by atoms with Crippen LogP contribution in [0.5, 0.6) is 5.75 Å². The zero-order chi connectivity index (χ0) is 20.6. The smallest absolute Gasteiger partial charge is 0.311 e. The van der Waals surface area contributed by atoms with Crippen molar-refractivity contribution in [3.63, 3.8) is 0 Å². The Morgan fingerprint density at radius 1 is 1.11 bits per heavy atom. The average Bonchev–Trinajstić information content (AvgIpc) is 2.90. The summed E-state index contributed by atoms with van der Waals surface area (Å²) in [6.45, 7) is 5.66. The first-order valence-corrected chi connectivity index (χ1v) is 9.45. The molecule has 0 bridgehead atoms. The Morgan fingerprint density at radius 3 is 2.32 bits per heavy atom. The number of aromatic hydroxyl groups is 1. The second-order valence-electron chi connectivity index (χ2n) is 7.37. The minimum atomic E-state index is -0.946. The maximum atomic E-state index is 13.2. The van der Waals surface area contributed by atoms with Crippen molar-refractivity contribution < 1.29 is 19.8 Å². The highest BCUT2D eigenvalue weighted by Gasteiger charge is 2.30. The predicted octanol–water partition coefficient (Wildman–Crippen LogP) is 5.21. The summed E-state index contributed by atoms with van der Waals surface area (Å²) < 4.78 is 1.52. The van der Waals surface area contributed by atoms with E-state index < -0.39 is 11.9 Å². The van der Waals surface area contributed by atoms with Gasteiger partial charge < -0.3 is 10.2 Å². The highest BCUT2D eigenvalue weighted by atomic mass is 35.5. The molecule has 0 radical (unpaired) electrons. The van der Waals surface area contributed by atoms with Crippen molar-refractivity contribution in [2.24, 2.45) is 5.92 Å². The summed E-state index contributed by atoms with van der Waals surface area (Å²) in [4.78, 5) is 25.2. The van der Waals surface area contributed by atoms with Crippen LogP contribution in [0, 0.1) is 12.8 Å². The molecule has 0 saturated carbocycles. The zero-order valence-electron chi connectivity index (χ0n) is 15.9. The normalized spacial score (nSPS) is 12.5. The van der Waals surface area contributed by atoms with Gasteiger partial charge in [0.25, 0.3) is 5.91 Å². The highest BCUT2D eigenvalue weighted by Crippen LogP contribution is 2.37. The minimum Gasteiger partial charge on any atom is -0.508 e. The standard InChI is InChI=1S/C22H22ClNO4/c1-12(2)10-18(22(27)28)20-13(3)24(19-9-8-16(25)11-17(19)20)21(26)14-4-6-15(23)7-5-14/h4-9,11-12,18,25H,10H2,1-3H3,(H,27,28). The number of phenolic OH excluding ortho intramolecular Hbond substituents is 1. The van der Waals surface area contributed by atoms with E-state index in [1.165, 1.54) is 16.7 Å². The molecule has 1 atom stereocenters. The second kappa shape index (κ2) is 7.68. The van der Waals surface area contributed by atoms with E-state index in [2.05, 4.69) is 0 Å². The van der Waals surface area contributed by atoms with E-state index in [4.69, 9.17) is 11.6 Å². The maximum Gasteiger partial charge on any atom is 0.311 e. The summed E-state index contributed by atoms with van der Waals surface area (Å²) in [6.07, 6.45) is 0.431. The molecule has 2 aromatic carbocycles. The van der Waals surface area contributed by atoms with Crippen LogP contribution in [-0.4, -0.2) is 26.7 Å². The van der Waals surface area contributed by atoms with Crippen LogP contribution in [0.1, 0.15) is 47.8 Å². The molecule has 0 aliphatic heterocycles. The molecule has 3 aromatic rings. The van der Waals surface area contributed by atoms with Crippen molar-refractivity contribution in [2.45, 2.75) is 33.1 Å². The Labute approximate surface area is 168 Å². The van der Waals surface area contributed by atoms with Gasteiger partial charge in [-0.15, -0.1) is 0 Å². The lowest BCUT2D eigenvalue weighted by atomic mass is 9.88. The van der Waals surface area contributed by atoms with Gasteiger partial charge >= 0.3 is 5.97 Å². The van der Waals surface area contributed by atoms with Gasteiger partial charge in [0.1, 0.15) is 5.75 Å². The van der Waals surface area contributed by atoms with E-state index in [1.54, 1.807) is 37.3 Å². The maximum absolute atomic E-state index is 13.2. The Bertz CT molecular complexity index is 1050. The molecular weight excluding hydrogens is 378 g/mol. The summed E-state index contributed by atoms with van der Waals surface area (Å²) >= 11 is 5.92. The van der Waals surface area contributed by atoms with Crippen molar-refractivity contribution in [1.29, 1.82) is 0 Å². The molecule has 0 spiro atoms. The van der Waals surface area contributed by atoms with Crippen LogP contribution in [0.15, 0.2) is 42.5 Å². The van der Waals surface area contributed by atoms with Gasteiger partial charge in [0.05, 0.1) is 11.4 Å². The van der Waals surface area contributed by atoms with Gasteiger partial charge in [0.2, 0.25) is 0 Å². The largest absolute Gasteiger partial charge is 0.508 e. The average molecular weight is 400 g/mol. The van der Waals surface area contributed by atoms with Gasteiger partial charge in [0, 0.05) is 21.7 Å². The number of hydrogen-bond donors (Lipinski definition) is 2. The fourth-order valence-corrected chi connectivity index (χ4v) is 3.79. The molecule has 146 valence electrons. The molecular formula is C22H22ClNO4. The first kappa shape index (κ1) is 20.0. The van der Waals surface area contributed by atoms with Gasteiger partial charge in [-0.3, -0.25) is 14.2 Å². The Kier molecular flexibility index (Phi) is 5.47. The van der Waals surface area contributed by atoms with Crippen molar-refractivity contribution in [3.8, 4) is 5.75 Å². The molecule has 0 aliphatic carbocycles. The number of benzene rings is 2. The van der Waals surface area contributed by atoms with Gasteiger partial charge in [-0.05, 0) is 67.3 Å². The quantitative estimate of drug-likeness (QED) is 0.617. The van der Waals surface area contributed by atoms with Gasteiger partial charge in [-0.25, -0.2) is 0 Å². The number of halogens is 1. The van der Waals surface area contributed by atoms with Crippen molar-refractivity contribution in [2.75, 3.05) is 0 Å². The van der Waals surface area contributed by atoms with E-state index in [-0.39, 0.29) is 17.6 Å². The monoisotopic (exact) mass is 399 g/mol. The minimum absolute atomic E-state index is 0.0264. The number of carbonyl (C=O) groups excluding carboxylic acids is 1.